The zero-order valence-electron chi connectivity index (χ0n) is 17.9. The summed E-state index contributed by atoms with van der Waals surface area (Å²) in [5.74, 6) is 5.75. The van der Waals surface area contributed by atoms with Crippen LogP contribution in [0.3, 0.4) is 0 Å². The van der Waals surface area contributed by atoms with E-state index in [4.69, 9.17) is 5.11 Å². The molecule has 0 aliphatic carbocycles. The molecule has 0 aromatic heterocycles. The number of hydrogen-bond acceptors (Lipinski definition) is 1. The summed E-state index contributed by atoms with van der Waals surface area (Å²) in [6.07, 6.45) is 27.2. The Balaban J connectivity index is 3.21. The molecule has 0 fully saturated rings. The van der Waals surface area contributed by atoms with Gasteiger partial charge in [-0.2, -0.15) is 0 Å². The van der Waals surface area contributed by atoms with E-state index < -0.39 is 5.97 Å². The van der Waals surface area contributed by atoms with Gasteiger partial charge >= 0.3 is 5.97 Å². The van der Waals surface area contributed by atoms with Crippen LogP contribution in [0.2, 0.25) is 0 Å². The Kier molecular flexibility index (Phi) is 21.8. The maximum Gasteiger partial charge on any atom is 0.303 e. The summed E-state index contributed by atoms with van der Waals surface area (Å²) in [5.41, 5.74) is 0. The van der Waals surface area contributed by atoms with Crippen LogP contribution in [0.15, 0.2) is 12.2 Å². The number of unbranched alkanes of at least 4 members (excludes halogenated alkanes) is 16. The summed E-state index contributed by atoms with van der Waals surface area (Å²) in [4.78, 5) is 10.4. The Morgan fingerprint density at radius 3 is 1.85 bits per heavy atom. The van der Waals surface area contributed by atoms with Gasteiger partial charge < -0.3 is 5.11 Å². The number of carboxylic acids is 1. The Morgan fingerprint density at radius 1 is 0.741 bits per heavy atom. The van der Waals surface area contributed by atoms with Crippen LogP contribution in [0.25, 0.3) is 0 Å². The van der Waals surface area contributed by atoms with E-state index in [2.05, 4.69) is 24.8 Å². The van der Waals surface area contributed by atoms with Crippen molar-refractivity contribution in [1.29, 1.82) is 0 Å². The Bertz CT molecular complexity index is 400. The van der Waals surface area contributed by atoms with E-state index in [-0.39, 0.29) is 0 Å². The first-order chi connectivity index (χ1) is 13.3. The van der Waals surface area contributed by atoms with Crippen molar-refractivity contribution in [2.24, 2.45) is 0 Å². The molecule has 0 unspecified atom stereocenters. The molecule has 0 aromatic rings. The summed E-state index contributed by atoms with van der Waals surface area (Å²) in [6, 6.07) is 0. The summed E-state index contributed by atoms with van der Waals surface area (Å²) in [7, 11) is 0. The monoisotopic (exact) mass is 376 g/mol. The molecule has 0 heterocycles. The van der Waals surface area contributed by atoms with Gasteiger partial charge in [-0.1, -0.05) is 108 Å². The smallest absolute Gasteiger partial charge is 0.303 e. The van der Waals surface area contributed by atoms with E-state index in [1.807, 2.05) is 6.08 Å². The van der Waals surface area contributed by atoms with E-state index in [1.165, 1.54) is 83.5 Å². The number of carbonyl (C=O) groups is 1. The third kappa shape index (κ3) is 24.8. The number of hydrogen-bond donors (Lipinski definition) is 1. The van der Waals surface area contributed by atoms with Crippen LogP contribution in [0.1, 0.15) is 129 Å². The van der Waals surface area contributed by atoms with Crippen molar-refractivity contribution in [2.45, 2.75) is 129 Å². The first kappa shape index (κ1) is 25.8. The molecule has 0 aliphatic rings. The topological polar surface area (TPSA) is 37.3 Å². The van der Waals surface area contributed by atoms with Crippen molar-refractivity contribution in [3.63, 3.8) is 0 Å². The Morgan fingerprint density at radius 2 is 1.26 bits per heavy atom. The Labute approximate surface area is 169 Å². The van der Waals surface area contributed by atoms with Gasteiger partial charge in [-0.05, 0) is 31.8 Å². The highest BCUT2D eigenvalue weighted by Crippen LogP contribution is 2.11. The van der Waals surface area contributed by atoms with Gasteiger partial charge in [0, 0.05) is 12.8 Å². The van der Waals surface area contributed by atoms with Gasteiger partial charge in [-0.3, -0.25) is 4.79 Å². The van der Waals surface area contributed by atoms with Crippen LogP contribution in [-0.2, 0) is 4.79 Å². The number of allylic oxidation sites excluding steroid dienone is 2. The lowest BCUT2D eigenvalue weighted by Crippen LogP contribution is -1.93. The fraction of sp³-hybridized carbons (Fsp3) is 0.800. The second-order valence-corrected chi connectivity index (χ2v) is 7.71. The molecule has 0 saturated carbocycles. The molecule has 0 aromatic carbocycles. The van der Waals surface area contributed by atoms with Gasteiger partial charge in [0.25, 0.3) is 0 Å². The normalized spacial score (nSPS) is 10.9. The molecule has 0 bridgehead atoms. The SMILES string of the molecule is CCCCCCCCCCCCC#C/C=C/CCCCCCCCC(=O)O. The molecule has 1 N–H and O–H groups in total. The van der Waals surface area contributed by atoms with Crippen LogP contribution in [-0.4, -0.2) is 11.1 Å². The molecule has 0 amide bonds. The van der Waals surface area contributed by atoms with Crippen molar-refractivity contribution in [1.82, 2.24) is 0 Å². The molecule has 0 saturated heterocycles. The molecule has 0 radical (unpaired) electrons. The molecular weight excluding hydrogens is 332 g/mol. The molecule has 2 heteroatoms. The average Bonchev–Trinajstić information content (AvgIpc) is 2.65. The maximum atomic E-state index is 10.4. The van der Waals surface area contributed by atoms with Crippen molar-refractivity contribution in [2.75, 3.05) is 0 Å². The number of rotatable bonds is 19. The second kappa shape index (κ2) is 22.8. The first-order valence-electron chi connectivity index (χ1n) is 11.6. The number of carboxylic acid groups (broad SMARTS) is 1. The van der Waals surface area contributed by atoms with Crippen LogP contribution in [0.5, 0.6) is 0 Å². The third-order valence-electron chi connectivity index (χ3n) is 4.97. The van der Waals surface area contributed by atoms with E-state index in [0.29, 0.717) is 6.42 Å². The lowest BCUT2D eigenvalue weighted by molar-refractivity contribution is -0.137. The first-order valence-corrected chi connectivity index (χ1v) is 11.6. The summed E-state index contributed by atoms with van der Waals surface area (Å²) in [5, 5.41) is 8.56. The lowest BCUT2D eigenvalue weighted by atomic mass is 10.1. The molecule has 0 rings (SSSR count). The van der Waals surface area contributed by atoms with E-state index in [0.717, 1.165) is 32.1 Å². The average molecular weight is 377 g/mol. The quantitative estimate of drug-likeness (QED) is 0.183. The zero-order valence-corrected chi connectivity index (χ0v) is 17.9. The van der Waals surface area contributed by atoms with Gasteiger partial charge in [0.1, 0.15) is 0 Å². The predicted octanol–water partition coefficient (Wildman–Crippen LogP) is 8.06. The Hall–Kier alpha value is -1.23. The van der Waals surface area contributed by atoms with Crippen LogP contribution < -0.4 is 0 Å². The highest BCUT2D eigenvalue weighted by molar-refractivity contribution is 5.66. The zero-order chi connectivity index (χ0) is 19.8. The van der Waals surface area contributed by atoms with Crippen molar-refractivity contribution in [3.05, 3.63) is 12.2 Å². The minimum atomic E-state index is -0.672. The van der Waals surface area contributed by atoms with Gasteiger partial charge in [-0.15, -0.1) is 0 Å². The van der Waals surface area contributed by atoms with E-state index in [9.17, 15) is 4.79 Å². The van der Waals surface area contributed by atoms with Gasteiger partial charge in [0.05, 0.1) is 0 Å². The molecule has 0 aliphatic heterocycles. The molecule has 2 nitrogen and oxygen atoms in total. The molecule has 0 atom stereocenters. The van der Waals surface area contributed by atoms with E-state index in [1.54, 1.807) is 0 Å². The van der Waals surface area contributed by atoms with E-state index >= 15 is 0 Å². The third-order valence-corrected chi connectivity index (χ3v) is 4.97. The van der Waals surface area contributed by atoms with Gasteiger partial charge in [-0.25, -0.2) is 0 Å². The molecule has 27 heavy (non-hydrogen) atoms. The molecule has 156 valence electrons. The minimum absolute atomic E-state index is 0.320. The fourth-order valence-electron chi connectivity index (χ4n) is 3.22. The number of aliphatic carboxylic acids is 1. The standard InChI is InChI=1S/C25H44O2/c1-2-3-4-5-6-7-8-9-10-11-12-13-14-15-16-17-18-19-20-21-22-23-24-25(26)27/h15-16H,2-12,17-24H2,1H3,(H,26,27)/b16-15+. The fourth-order valence-corrected chi connectivity index (χ4v) is 3.22. The highest BCUT2D eigenvalue weighted by Gasteiger charge is 1.96. The van der Waals surface area contributed by atoms with Crippen molar-refractivity contribution >= 4 is 5.97 Å². The van der Waals surface area contributed by atoms with Crippen LogP contribution in [0.4, 0.5) is 0 Å². The summed E-state index contributed by atoms with van der Waals surface area (Å²) >= 11 is 0. The van der Waals surface area contributed by atoms with Gasteiger partial charge in [0.15, 0.2) is 0 Å². The largest absolute Gasteiger partial charge is 0.481 e. The molecular formula is C25H44O2. The lowest BCUT2D eigenvalue weighted by Gasteiger charge is -2.00. The summed E-state index contributed by atoms with van der Waals surface area (Å²) in [6.45, 7) is 2.27. The van der Waals surface area contributed by atoms with Crippen molar-refractivity contribution < 1.29 is 9.90 Å². The highest BCUT2D eigenvalue weighted by atomic mass is 16.4. The minimum Gasteiger partial charge on any atom is -0.481 e. The van der Waals surface area contributed by atoms with Gasteiger partial charge in [0.2, 0.25) is 0 Å². The van der Waals surface area contributed by atoms with Crippen LogP contribution >= 0.6 is 0 Å². The molecule has 0 spiro atoms. The van der Waals surface area contributed by atoms with Crippen molar-refractivity contribution in [3.8, 4) is 11.8 Å². The van der Waals surface area contributed by atoms with Crippen LogP contribution in [0, 0.1) is 11.8 Å². The summed E-state index contributed by atoms with van der Waals surface area (Å²) < 4.78 is 0. The second-order valence-electron chi connectivity index (χ2n) is 7.71. The maximum absolute atomic E-state index is 10.4. The predicted molar refractivity (Wildman–Crippen MR) is 118 cm³/mol.